The van der Waals surface area contributed by atoms with E-state index < -0.39 is 0 Å². The highest BCUT2D eigenvalue weighted by atomic mass is 16.2. The van der Waals surface area contributed by atoms with Crippen molar-refractivity contribution in [1.29, 1.82) is 0 Å². The lowest BCUT2D eigenvalue weighted by Gasteiger charge is -2.37. The van der Waals surface area contributed by atoms with E-state index in [0.29, 0.717) is 5.56 Å². The predicted molar refractivity (Wildman–Crippen MR) is 108 cm³/mol. The van der Waals surface area contributed by atoms with Gasteiger partial charge in [0, 0.05) is 32.4 Å². The quantitative estimate of drug-likeness (QED) is 0.755. The Hall–Kier alpha value is -2.27. The van der Waals surface area contributed by atoms with Crippen LogP contribution in [0.2, 0.25) is 0 Å². The van der Waals surface area contributed by atoms with E-state index in [1.807, 2.05) is 11.9 Å². The molecule has 0 bridgehead atoms. The number of carbonyl (C=O) groups excluding carboxylic acids is 1. The second-order valence-corrected chi connectivity index (χ2v) is 7.38. The Morgan fingerprint density at radius 2 is 2.07 bits per heavy atom. The standard InChI is InChI=1S/C22H30N4O/c1-3-8-21-20(15-23-17-24-21)22(27)25(2)19-11-7-13-26(16-19)14-12-18-9-5-4-6-10-18/h4-6,9-10,15,17,19H,3,7-8,11-14,16H2,1-2H3/t19-/m1/s1. The molecule has 2 heterocycles. The number of nitrogens with zero attached hydrogens (tertiary/aromatic N) is 4. The summed E-state index contributed by atoms with van der Waals surface area (Å²) in [5, 5.41) is 0. The first-order valence-corrected chi connectivity index (χ1v) is 10.0. The Bertz CT molecular complexity index is 734. The highest BCUT2D eigenvalue weighted by Crippen LogP contribution is 2.19. The van der Waals surface area contributed by atoms with Gasteiger partial charge in [-0.1, -0.05) is 43.7 Å². The van der Waals surface area contributed by atoms with Crippen LogP contribution in [-0.2, 0) is 12.8 Å². The first-order chi connectivity index (χ1) is 13.2. The average molecular weight is 367 g/mol. The highest BCUT2D eigenvalue weighted by molar-refractivity contribution is 5.95. The van der Waals surface area contributed by atoms with Crippen molar-refractivity contribution in [2.45, 2.75) is 45.1 Å². The van der Waals surface area contributed by atoms with Crippen molar-refractivity contribution in [2.24, 2.45) is 0 Å². The number of amides is 1. The Kier molecular flexibility index (Phi) is 6.93. The zero-order valence-corrected chi connectivity index (χ0v) is 16.5. The summed E-state index contributed by atoms with van der Waals surface area (Å²) in [6, 6.07) is 10.9. The van der Waals surface area contributed by atoms with Crippen LogP contribution in [0.15, 0.2) is 42.9 Å². The molecule has 1 aromatic heterocycles. The van der Waals surface area contributed by atoms with E-state index in [1.165, 1.54) is 11.9 Å². The summed E-state index contributed by atoms with van der Waals surface area (Å²) in [4.78, 5) is 25.9. The van der Waals surface area contributed by atoms with Crippen LogP contribution in [0.4, 0.5) is 0 Å². The lowest BCUT2D eigenvalue weighted by Crippen LogP contribution is -2.49. The number of aryl methyl sites for hydroxylation is 1. The predicted octanol–water partition coefficient (Wildman–Crippen LogP) is 3.21. The molecule has 0 unspecified atom stereocenters. The molecule has 1 saturated heterocycles. The van der Waals surface area contributed by atoms with Crippen LogP contribution in [0.1, 0.15) is 47.8 Å². The topological polar surface area (TPSA) is 49.3 Å². The van der Waals surface area contributed by atoms with E-state index >= 15 is 0 Å². The second kappa shape index (κ2) is 9.60. The van der Waals surface area contributed by atoms with Crippen LogP contribution in [0, 0.1) is 0 Å². The zero-order chi connectivity index (χ0) is 19.1. The SMILES string of the molecule is CCCc1ncncc1C(=O)N(C)[C@@H]1CCCN(CCc2ccccc2)C1. The molecule has 3 rings (SSSR count). The van der Waals surface area contributed by atoms with Gasteiger partial charge in [-0.15, -0.1) is 0 Å². The van der Waals surface area contributed by atoms with E-state index in [1.54, 1.807) is 6.20 Å². The van der Waals surface area contributed by atoms with Crippen molar-refractivity contribution < 1.29 is 4.79 Å². The molecule has 1 aliphatic rings. The number of hydrogen-bond acceptors (Lipinski definition) is 4. The normalized spacial score (nSPS) is 17.6. The van der Waals surface area contributed by atoms with E-state index in [9.17, 15) is 4.79 Å². The minimum atomic E-state index is 0.0500. The fourth-order valence-corrected chi connectivity index (χ4v) is 3.81. The molecule has 1 fully saturated rings. The molecule has 0 saturated carbocycles. The van der Waals surface area contributed by atoms with Crippen LogP contribution in [0.5, 0.6) is 0 Å². The number of hydrogen-bond donors (Lipinski definition) is 0. The molecule has 1 aromatic carbocycles. The van der Waals surface area contributed by atoms with Gasteiger partial charge in [0.15, 0.2) is 0 Å². The lowest BCUT2D eigenvalue weighted by molar-refractivity contribution is 0.0617. The van der Waals surface area contributed by atoms with Gasteiger partial charge >= 0.3 is 0 Å². The van der Waals surface area contributed by atoms with E-state index in [0.717, 1.165) is 57.4 Å². The fourth-order valence-electron chi connectivity index (χ4n) is 3.81. The van der Waals surface area contributed by atoms with E-state index in [2.05, 4.69) is 52.1 Å². The lowest BCUT2D eigenvalue weighted by atomic mass is 10.0. The van der Waals surface area contributed by atoms with Crippen LogP contribution < -0.4 is 0 Å². The molecule has 1 aliphatic heterocycles. The monoisotopic (exact) mass is 366 g/mol. The van der Waals surface area contributed by atoms with Crippen LogP contribution in [0.25, 0.3) is 0 Å². The number of piperidine rings is 1. The maximum absolute atomic E-state index is 13.1. The summed E-state index contributed by atoms with van der Waals surface area (Å²) in [5.74, 6) is 0.0500. The molecule has 5 nitrogen and oxygen atoms in total. The molecule has 0 aliphatic carbocycles. The zero-order valence-electron chi connectivity index (χ0n) is 16.5. The van der Waals surface area contributed by atoms with Crippen LogP contribution in [-0.4, -0.2) is 58.4 Å². The van der Waals surface area contributed by atoms with Gasteiger partial charge in [-0.25, -0.2) is 9.97 Å². The van der Waals surface area contributed by atoms with E-state index in [-0.39, 0.29) is 11.9 Å². The number of rotatable bonds is 7. The van der Waals surface area contributed by atoms with Crippen LogP contribution >= 0.6 is 0 Å². The van der Waals surface area contributed by atoms with Gasteiger partial charge in [-0.3, -0.25) is 4.79 Å². The molecular weight excluding hydrogens is 336 g/mol. The maximum Gasteiger partial charge on any atom is 0.257 e. The second-order valence-electron chi connectivity index (χ2n) is 7.38. The summed E-state index contributed by atoms with van der Waals surface area (Å²) in [7, 11) is 1.93. The molecule has 27 heavy (non-hydrogen) atoms. The summed E-state index contributed by atoms with van der Waals surface area (Å²) in [6.45, 7) is 5.19. The van der Waals surface area contributed by atoms with Gasteiger partial charge in [-0.2, -0.15) is 0 Å². The third kappa shape index (κ3) is 5.13. The van der Waals surface area contributed by atoms with Gasteiger partial charge in [0.2, 0.25) is 0 Å². The number of benzene rings is 1. The third-order valence-electron chi connectivity index (χ3n) is 5.42. The number of likely N-dealkylation sites (N-methyl/N-ethyl adjacent to an activating group) is 1. The Labute approximate surface area is 162 Å². The molecule has 1 atom stereocenters. The van der Waals surface area contributed by atoms with Crippen molar-refractivity contribution in [3.8, 4) is 0 Å². The molecular formula is C22H30N4O. The third-order valence-corrected chi connectivity index (χ3v) is 5.42. The van der Waals surface area contributed by atoms with Crippen molar-refractivity contribution in [3.05, 3.63) is 59.7 Å². The Morgan fingerprint density at radius 1 is 1.26 bits per heavy atom. The average Bonchev–Trinajstić information content (AvgIpc) is 2.73. The van der Waals surface area contributed by atoms with Crippen molar-refractivity contribution in [3.63, 3.8) is 0 Å². The molecule has 0 spiro atoms. The molecule has 1 amide bonds. The number of carbonyl (C=O) groups is 1. The number of aromatic nitrogens is 2. The fraction of sp³-hybridized carbons (Fsp3) is 0.500. The van der Waals surface area contributed by atoms with Crippen molar-refractivity contribution in [1.82, 2.24) is 19.8 Å². The summed E-state index contributed by atoms with van der Waals surface area (Å²) >= 11 is 0. The maximum atomic E-state index is 13.1. The Balaban J connectivity index is 1.61. The van der Waals surface area contributed by atoms with Gasteiger partial charge in [0.05, 0.1) is 11.3 Å². The minimum absolute atomic E-state index is 0.0500. The van der Waals surface area contributed by atoms with Gasteiger partial charge < -0.3 is 9.80 Å². The van der Waals surface area contributed by atoms with Gasteiger partial charge in [-0.05, 0) is 37.8 Å². The summed E-state index contributed by atoms with van der Waals surface area (Å²) in [5.41, 5.74) is 2.89. The minimum Gasteiger partial charge on any atom is -0.337 e. The highest BCUT2D eigenvalue weighted by Gasteiger charge is 2.27. The molecule has 144 valence electrons. The summed E-state index contributed by atoms with van der Waals surface area (Å²) < 4.78 is 0. The van der Waals surface area contributed by atoms with Gasteiger partial charge in [0.25, 0.3) is 5.91 Å². The molecule has 0 N–H and O–H groups in total. The number of likely N-dealkylation sites (tertiary alicyclic amines) is 1. The first-order valence-electron chi connectivity index (χ1n) is 10.0. The first kappa shape index (κ1) is 19.5. The smallest absolute Gasteiger partial charge is 0.257 e. The van der Waals surface area contributed by atoms with Crippen molar-refractivity contribution in [2.75, 3.05) is 26.7 Å². The largest absolute Gasteiger partial charge is 0.337 e. The van der Waals surface area contributed by atoms with Crippen LogP contribution in [0.3, 0.4) is 0 Å². The van der Waals surface area contributed by atoms with Crippen molar-refractivity contribution >= 4 is 5.91 Å². The van der Waals surface area contributed by atoms with Gasteiger partial charge in [0.1, 0.15) is 6.33 Å². The van der Waals surface area contributed by atoms with E-state index in [4.69, 9.17) is 0 Å². The Morgan fingerprint density at radius 3 is 2.85 bits per heavy atom. The molecule has 2 aromatic rings. The molecule has 5 heteroatoms. The molecule has 0 radical (unpaired) electrons. The summed E-state index contributed by atoms with van der Waals surface area (Å²) in [6.07, 6.45) is 8.23.